The van der Waals surface area contributed by atoms with Gasteiger partial charge in [-0.25, -0.2) is 4.79 Å². The first-order valence-electron chi connectivity index (χ1n) is 12.6. The van der Waals surface area contributed by atoms with Gasteiger partial charge in [-0.15, -0.1) is 0 Å². The summed E-state index contributed by atoms with van der Waals surface area (Å²) in [6, 6.07) is 21.0. The van der Waals surface area contributed by atoms with Crippen molar-refractivity contribution in [2.24, 2.45) is 0 Å². The van der Waals surface area contributed by atoms with Crippen LogP contribution in [-0.4, -0.2) is 53.2 Å². The Hall–Kier alpha value is -2.86. The first kappa shape index (κ1) is 26.7. The number of piperidine rings is 1. The molecule has 0 radical (unpaired) electrons. The van der Waals surface area contributed by atoms with Crippen LogP contribution >= 0.6 is 0 Å². The largest absolute Gasteiger partial charge is 0.469 e. The van der Waals surface area contributed by atoms with E-state index in [9.17, 15) is 9.59 Å². The molecule has 1 fully saturated rings. The Morgan fingerprint density at radius 3 is 2.06 bits per heavy atom. The van der Waals surface area contributed by atoms with Gasteiger partial charge in [-0.1, -0.05) is 60.7 Å². The highest BCUT2D eigenvalue weighted by atomic mass is 16.6. The molecule has 6 nitrogen and oxygen atoms in total. The van der Waals surface area contributed by atoms with Gasteiger partial charge in [0.05, 0.1) is 13.2 Å². The first-order valence-corrected chi connectivity index (χ1v) is 12.6. The predicted octanol–water partition coefficient (Wildman–Crippen LogP) is 5.80. The highest BCUT2D eigenvalue weighted by Crippen LogP contribution is 2.30. The van der Waals surface area contributed by atoms with Crippen molar-refractivity contribution in [2.45, 2.75) is 83.6 Å². The van der Waals surface area contributed by atoms with Gasteiger partial charge in [-0.2, -0.15) is 0 Å². The molecular weight excluding hydrogens is 440 g/mol. The van der Waals surface area contributed by atoms with E-state index in [0.29, 0.717) is 19.4 Å². The molecule has 0 aliphatic carbocycles. The Labute approximate surface area is 210 Å². The number of carbonyl (C=O) groups is 2. The number of hydrogen-bond donors (Lipinski definition) is 0. The van der Waals surface area contributed by atoms with Gasteiger partial charge in [0.25, 0.3) is 0 Å². The van der Waals surface area contributed by atoms with Gasteiger partial charge in [-0.3, -0.25) is 9.69 Å². The zero-order valence-corrected chi connectivity index (χ0v) is 21.6. The van der Waals surface area contributed by atoms with Crippen LogP contribution in [0.25, 0.3) is 0 Å². The summed E-state index contributed by atoms with van der Waals surface area (Å²) in [5.74, 6) is -0.216. The summed E-state index contributed by atoms with van der Waals surface area (Å²) in [4.78, 5) is 29.5. The number of amides is 1. The van der Waals surface area contributed by atoms with Crippen molar-refractivity contribution in [2.75, 3.05) is 13.7 Å². The molecule has 0 spiro atoms. The minimum atomic E-state index is -0.561. The average Bonchev–Trinajstić information content (AvgIpc) is 2.83. The van der Waals surface area contributed by atoms with Gasteiger partial charge in [0.2, 0.25) is 0 Å². The van der Waals surface area contributed by atoms with Crippen LogP contribution in [0.4, 0.5) is 4.79 Å². The molecule has 2 atom stereocenters. The third kappa shape index (κ3) is 8.39. The summed E-state index contributed by atoms with van der Waals surface area (Å²) in [6.45, 7) is 7.94. The molecule has 190 valence electrons. The number of nitrogens with zero attached hydrogens (tertiary/aromatic N) is 2. The van der Waals surface area contributed by atoms with E-state index in [4.69, 9.17) is 9.47 Å². The molecule has 1 aliphatic rings. The van der Waals surface area contributed by atoms with E-state index in [-0.39, 0.29) is 24.1 Å². The van der Waals surface area contributed by atoms with Crippen molar-refractivity contribution in [1.29, 1.82) is 0 Å². The minimum Gasteiger partial charge on any atom is -0.469 e. The number of carbonyl (C=O) groups excluding carboxylic acids is 2. The third-order valence-corrected chi connectivity index (χ3v) is 6.41. The van der Waals surface area contributed by atoms with E-state index in [0.717, 1.165) is 32.4 Å². The van der Waals surface area contributed by atoms with Crippen LogP contribution in [-0.2, 0) is 27.4 Å². The van der Waals surface area contributed by atoms with Gasteiger partial charge in [0.1, 0.15) is 5.60 Å². The molecule has 35 heavy (non-hydrogen) atoms. The molecule has 0 saturated carbocycles. The molecule has 1 aliphatic heterocycles. The standard InChI is InChI=1S/C29H40N2O4/c1-29(2,3)35-28(33)31-20-12-18-25(26(31)17-11-19-27(32)34-4)30(21-23-13-7-5-8-14-23)22-24-15-9-6-10-16-24/h5-10,13-16,25-26H,11-12,17-22H2,1-4H3/t25-,26+/m0/s1. The molecule has 6 heteroatoms. The van der Waals surface area contributed by atoms with Crippen LogP contribution in [0.2, 0.25) is 0 Å². The van der Waals surface area contributed by atoms with Crippen LogP contribution in [0, 0.1) is 0 Å². The monoisotopic (exact) mass is 480 g/mol. The highest BCUT2D eigenvalue weighted by Gasteiger charge is 2.39. The fourth-order valence-electron chi connectivity index (χ4n) is 4.84. The zero-order valence-electron chi connectivity index (χ0n) is 21.6. The molecular formula is C29H40N2O4. The van der Waals surface area contributed by atoms with Crippen molar-refractivity contribution >= 4 is 12.1 Å². The van der Waals surface area contributed by atoms with E-state index in [2.05, 4.69) is 53.4 Å². The quantitative estimate of drug-likeness (QED) is 0.425. The molecule has 1 saturated heterocycles. The summed E-state index contributed by atoms with van der Waals surface area (Å²) in [7, 11) is 1.42. The molecule has 0 aromatic heterocycles. The maximum absolute atomic E-state index is 13.3. The van der Waals surface area contributed by atoms with E-state index < -0.39 is 5.60 Å². The van der Waals surface area contributed by atoms with Gasteiger partial charge in [0, 0.05) is 32.1 Å². The first-order chi connectivity index (χ1) is 16.8. The molecule has 2 aromatic rings. The van der Waals surface area contributed by atoms with Crippen molar-refractivity contribution in [3.05, 3.63) is 71.8 Å². The third-order valence-electron chi connectivity index (χ3n) is 6.41. The summed E-state index contributed by atoms with van der Waals surface area (Å²) >= 11 is 0. The van der Waals surface area contributed by atoms with Crippen LogP contribution in [0.1, 0.15) is 64.0 Å². The fraction of sp³-hybridized carbons (Fsp3) is 0.517. The van der Waals surface area contributed by atoms with Gasteiger partial charge < -0.3 is 14.4 Å². The number of benzene rings is 2. The number of rotatable bonds is 9. The SMILES string of the molecule is COC(=O)CCC[C@@H]1[C@@H](N(Cc2ccccc2)Cc2ccccc2)CCCN1C(=O)OC(C)(C)C. The maximum Gasteiger partial charge on any atom is 0.410 e. The Morgan fingerprint density at radius 1 is 0.971 bits per heavy atom. The lowest BCUT2D eigenvalue weighted by Gasteiger charge is -2.46. The molecule has 0 unspecified atom stereocenters. The fourth-order valence-corrected chi connectivity index (χ4v) is 4.84. The number of ether oxygens (including phenoxy) is 2. The maximum atomic E-state index is 13.3. The van der Waals surface area contributed by atoms with E-state index >= 15 is 0 Å². The molecule has 1 amide bonds. The second-order valence-corrected chi connectivity index (χ2v) is 10.3. The smallest absolute Gasteiger partial charge is 0.410 e. The lowest BCUT2D eigenvalue weighted by Crippen LogP contribution is -2.57. The van der Waals surface area contributed by atoms with Gasteiger partial charge >= 0.3 is 12.1 Å². The van der Waals surface area contributed by atoms with Crippen LogP contribution < -0.4 is 0 Å². The summed E-state index contributed by atoms with van der Waals surface area (Å²) in [6.07, 6.45) is 3.36. The summed E-state index contributed by atoms with van der Waals surface area (Å²) < 4.78 is 10.7. The van der Waals surface area contributed by atoms with Crippen LogP contribution in [0.15, 0.2) is 60.7 Å². The number of esters is 1. The molecule has 0 N–H and O–H groups in total. The average molecular weight is 481 g/mol. The van der Waals surface area contributed by atoms with Crippen molar-refractivity contribution in [3.8, 4) is 0 Å². The molecule has 1 heterocycles. The zero-order chi connectivity index (χ0) is 25.3. The topological polar surface area (TPSA) is 59.1 Å². The Balaban J connectivity index is 1.89. The Bertz CT molecular complexity index is 885. The normalized spacial score (nSPS) is 18.4. The predicted molar refractivity (Wildman–Crippen MR) is 138 cm³/mol. The van der Waals surface area contributed by atoms with E-state index in [1.54, 1.807) is 0 Å². The highest BCUT2D eigenvalue weighted by molar-refractivity contribution is 5.69. The molecule has 2 aromatic carbocycles. The molecule has 3 rings (SSSR count). The molecule has 0 bridgehead atoms. The van der Waals surface area contributed by atoms with E-state index in [1.807, 2.05) is 37.8 Å². The summed E-state index contributed by atoms with van der Waals surface area (Å²) in [5.41, 5.74) is 1.92. The number of likely N-dealkylation sites (tertiary alicyclic amines) is 1. The number of methoxy groups -OCH3 is 1. The van der Waals surface area contributed by atoms with Crippen LogP contribution in [0.3, 0.4) is 0 Å². The second-order valence-electron chi connectivity index (χ2n) is 10.3. The van der Waals surface area contributed by atoms with Crippen molar-refractivity contribution in [3.63, 3.8) is 0 Å². The van der Waals surface area contributed by atoms with Crippen molar-refractivity contribution in [1.82, 2.24) is 9.80 Å². The number of hydrogen-bond acceptors (Lipinski definition) is 5. The lowest BCUT2D eigenvalue weighted by molar-refractivity contribution is -0.140. The minimum absolute atomic E-state index is 0.0457. The Kier molecular flexibility index (Phi) is 9.73. The van der Waals surface area contributed by atoms with Gasteiger partial charge in [0.15, 0.2) is 0 Å². The van der Waals surface area contributed by atoms with Crippen molar-refractivity contribution < 1.29 is 19.1 Å². The lowest BCUT2D eigenvalue weighted by atomic mass is 9.90. The summed E-state index contributed by atoms with van der Waals surface area (Å²) in [5, 5.41) is 0. The van der Waals surface area contributed by atoms with Gasteiger partial charge in [-0.05, 0) is 57.6 Å². The van der Waals surface area contributed by atoms with E-state index in [1.165, 1.54) is 18.2 Å². The van der Waals surface area contributed by atoms with Crippen LogP contribution in [0.5, 0.6) is 0 Å². The Morgan fingerprint density at radius 2 is 1.54 bits per heavy atom. The second kappa shape index (κ2) is 12.7.